The number of hydrogen-bond acceptors (Lipinski definition) is 3. The normalized spacial score (nSPS) is 12.8. The maximum absolute atomic E-state index is 13.2. The highest BCUT2D eigenvalue weighted by Gasteiger charge is 2.37. The van der Waals surface area contributed by atoms with Crippen LogP contribution in [-0.4, -0.2) is 17.3 Å². The fourth-order valence-electron chi connectivity index (χ4n) is 3.21. The molecule has 0 saturated carbocycles. The highest BCUT2D eigenvalue weighted by molar-refractivity contribution is 6.48. The first kappa shape index (κ1) is 15.9. The Balaban J connectivity index is 1.98. The number of rotatable bonds is 3. The molecule has 0 spiro atoms. The fourth-order valence-corrected chi connectivity index (χ4v) is 3.21. The molecule has 3 nitrogen and oxygen atoms in total. The molecule has 0 atom stereocenters. The quantitative estimate of drug-likeness (QED) is 0.404. The summed E-state index contributed by atoms with van der Waals surface area (Å²) in [5, 5.41) is 0. The summed E-state index contributed by atoms with van der Waals surface area (Å²) in [5.74, 6) is -1.12. The van der Waals surface area contributed by atoms with Gasteiger partial charge in [-0.1, -0.05) is 84.9 Å². The van der Waals surface area contributed by atoms with Gasteiger partial charge in [0, 0.05) is 22.3 Å². The van der Waals surface area contributed by atoms with Gasteiger partial charge in [-0.15, -0.1) is 0 Å². The van der Waals surface area contributed by atoms with E-state index >= 15 is 0 Å². The van der Waals surface area contributed by atoms with Gasteiger partial charge in [-0.2, -0.15) is 0 Å². The molecular weight excluding hydrogens is 324 g/mol. The van der Waals surface area contributed by atoms with Crippen LogP contribution < -0.4 is 0 Å². The van der Waals surface area contributed by atoms with Gasteiger partial charge in [0.25, 0.3) is 0 Å². The number of Topliss-reactive ketones (excluding diaryl/α,β-unsaturated/α-hetero) is 3. The van der Waals surface area contributed by atoms with Gasteiger partial charge >= 0.3 is 0 Å². The summed E-state index contributed by atoms with van der Waals surface area (Å²) in [7, 11) is 0. The molecule has 0 fully saturated rings. The summed E-state index contributed by atoms with van der Waals surface area (Å²) in [6.07, 6.45) is 0. The first-order chi connectivity index (χ1) is 12.7. The standard InChI is InChI=1S/C23H14O3/c24-21(16-11-5-2-6-12-16)19(15-9-3-1-4-10-15)20-22(25)17-13-7-8-14-18(17)23(20)26/h1-14H. The highest BCUT2D eigenvalue weighted by Crippen LogP contribution is 2.33. The molecule has 0 N–H and O–H groups in total. The number of hydrogen-bond donors (Lipinski definition) is 0. The molecule has 4 rings (SSSR count). The fraction of sp³-hybridized carbons (Fsp3) is 0. The van der Waals surface area contributed by atoms with E-state index in [0.717, 1.165) is 0 Å². The Bertz CT molecular complexity index is 1020. The van der Waals surface area contributed by atoms with E-state index in [1.54, 1.807) is 72.8 Å². The minimum Gasteiger partial charge on any atom is -0.289 e. The lowest BCUT2D eigenvalue weighted by Gasteiger charge is -2.10. The zero-order chi connectivity index (χ0) is 18.1. The van der Waals surface area contributed by atoms with Crippen molar-refractivity contribution >= 4 is 22.9 Å². The predicted octanol–water partition coefficient (Wildman–Crippen LogP) is 4.40. The maximum atomic E-state index is 13.2. The van der Waals surface area contributed by atoms with Gasteiger partial charge in [-0.05, 0) is 5.56 Å². The molecule has 0 unspecified atom stereocenters. The highest BCUT2D eigenvalue weighted by atomic mass is 16.2. The van der Waals surface area contributed by atoms with E-state index in [0.29, 0.717) is 22.3 Å². The van der Waals surface area contributed by atoms with Crippen molar-refractivity contribution in [1.82, 2.24) is 0 Å². The topological polar surface area (TPSA) is 51.2 Å². The van der Waals surface area contributed by atoms with E-state index < -0.39 is 11.6 Å². The summed E-state index contributed by atoms with van der Waals surface area (Å²) in [5.41, 5.74) is 1.80. The summed E-state index contributed by atoms with van der Waals surface area (Å²) < 4.78 is 0. The molecule has 26 heavy (non-hydrogen) atoms. The van der Waals surface area contributed by atoms with Crippen molar-refractivity contribution in [3.8, 4) is 0 Å². The molecule has 3 aromatic rings. The number of allylic oxidation sites excluding steroid dienone is 2. The third-order valence-electron chi connectivity index (χ3n) is 4.45. The Morgan fingerprint density at radius 2 is 0.962 bits per heavy atom. The van der Waals surface area contributed by atoms with Crippen molar-refractivity contribution in [2.75, 3.05) is 0 Å². The minimum atomic E-state index is -0.395. The number of benzene rings is 3. The van der Waals surface area contributed by atoms with Gasteiger partial charge in [-0.3, -0.25) is 14.4 Å². The number of fused-ring (bicyclic) bond motifs is 1. The second kappa shape index (κ2) is 6.37. The lowest BCUT2D eigenvalue weighted by Crippen LogP contribution is -2.12. The van der Waals surface area contributed by atoms with Gasteiger partial charge in [0.05, 0.1) is 5.57 Å². The Hall–Kier alpha value is -3.59. The molecule has 3 heteroatoms. The van der Waals surface area contributed by atoms with Crippen molar-refractivity contribution < 1.29 is 14.4 Å². The SMILES string of the molecule is O=C(C(=C1C(=O)c2ccccc2C1=O)c1ccccc1)c1ccccc1. The Morgan fingerprint density at radius 1 is 0.538 bits per heavy atom. The second-order valence-electron chi connectivity index (χ2n) is 6.02. The van der Waals surface area contributed by atoms with Crippen molar-refractivity contribution in [2.24, 2.45) is 0 Å². The third-order valence-corrected chi connectivity index (χ3v) is 4.45. The van der Waals surface area contributed by atoms with Crippen LogP contribution in [0.25, 0.3) is 5.57 Å². The van der Waals surface area contributed by atoms with Gasteiger partial charge < -0.3 is 0 Å². The van der Waals surface area contributed by atoms with Crippen LogP contribution in [0.5, 0.6) is 0 Å². The van der Waals surface area contributed by atoms with E-state index in [4.69, 9.17) is 0 Å². The number of carbonyl (C=O) groups excluding carboxylic acids is 3. The van der Waals surface area contributed by atoms with Crippen LogP contribution in [0, 0.1) is 0 Å². The van der Waals surface area contributed by atoms with E-state index in [1.165, 1.54) is 0 Å². The predicted molar refractivity (Wildman–Crippen MR) is 99.2 cm³/mol. The average molecular weight is 338 g/mol. The smallest absolute Gasteiger partial charge is 0.198 e. The van der Waals surface area contributed by atoms with Crippen molar-refractivity contribution in [2.45, 2.75) is 0 Å². The van der Waals surface area contributed by atoms with Crippen molar-refractivity contribution in [3.05, 3.63) is 113 Å². The van der Waals surface area contributed by atoms with E-state index in [-0.39, 0.29) is 16.9 Å². The van der Waals surface area contributed by atoms with Crippen LogP contribution in [0.4, 0.5) is 0 Å². The molecule has 0 radical (unpaired) electrons. The molecule has 3 aromatic carbocycles. The van der Waals surface area contributed by atoms with Crippen LogP contribution >= 0.6 is 0 Å². The minimum absolute atomic E-state index is 0.0498. The summed E-state index contributed by atoms with van der Waals surface area (Å²) in [4.78, 5) is 39.1. The molecule has 0 aromatic heterocycles. The van der Waals surface area contributed by atoms with Crippen molar-refractivity contribution in [3.63, 3.8) is 0 Å². The zero-order valence-corrected chi connectivity index (χ0v) is 13.8. The summed E-state index contributed by atoms with van der Waals surface area (Å²) in [6, 6.07) is 24.3. The van der Waals surface area contributed by atoms with Gasteiger partial charge in [0.1, 0.15) is 0 Å². The van der Waals surface area contributed by atoms with Gasteiger partial charge in [0.15, 0.2) is 17.3 Å². The summed E-state index contributed by atoms with van der Waals surface area (Å²) in [6.45, 7) is 0. The van der Waals surface area contributed by atoms with Crippen LogP contribution in [0.1, 0.15) is 36.6 Å². The first-order valence-electron chi connectivity index (χ1n) is 8.26. The summed E-state index contributed by atoms with van der Waals surface area (Å²) >= 11 is 0. The van der Waals surface area contributed by atoms with E-state index in [2.05, 4.69) is 0 Å². The van der Waals surface area contributed by atoms with Crippen LogP contribution in [0.2, 0.25) is 0 Å². The molecule has 124 valence electrons. The van der Waals surface area contributed by atoms with E-state index in [9.17, 15) is 14.4 Å². The Morgan fingerprint density at radius 3 is 1.46 bits per heavy atom. The zero-order valence-electron chi connectivity index (χ0n) is 13.8. The lowest BCUT2D eigenvalue weighted by atomic mass is 9.90. The average Bonchev–Trinajstić information content (AvgIpc) is 2.95. The number of ketones is 3. The van der Waals surface area contributed by atoms with Crippen LogP contribution in [0.3, 0.4) is 0 Å². The Kier molecular flexibility index (Phi) is 3.90. The van der Waals surface area contributed by atoms with Crippen LogP contribution in [0.15, 0.2) is 90.5 Å². The number of carbonyl (C=O) groups is 3. The molecule has 0 aliphatic heterocycles. The molecular formula is C23H14O3. The molecule has 1 aliphatic rings. The molecule has 0 amide bonds. The molecule has 0 saturated heterocycles. The monoisotopic (exact) mass is 338 g/mol. The lowest BCUT2D eigenvalue weighted by molar-refractivity contribution is 0.0976. The maximum Gasteiger partial charge on any atom is 0.198 e. The Labute approximate surface area is 150 Å². The van der Waals surface area contributed by atoms with Crippen molar-refractivity contribution in [1.29, 1.82) is 0 Å². The molecule has 0 heterocycles. The van der Waals surface area contributed by atoms with Crippen LogP contribution in [-0.2, 0) is 0 Å². The third kappa shape index (κ3) is 2.50. The largest absolute Gasteiger partial charge is 0.289 e. The first-order valence-corrected chi connectivity index (χ1v) is 8.26. The van der Waals surface area contributed by atoms with E-state index in [1.807, 2.05) is 12.1 Å². The van der Waals surface area contributed by atoms with Gasteiger partial charge in [-0.25, -0.2) is 0 Å². The second-order valence-corrected chi connectivity index (χ2v) is 6.02. The van der Waals surface area contributed by atoms with Gasteiger partial charge in [0.2, 0.25) is 0 Å². The molecule has 0 bridgehead atoms. The molecule has 1 aliphatic carbocycles.